The van der Waals surface area contributed by atoms with Gasteiger partial charge in [0, 0.05) is 19.6 Å². The van der Waals surface area contributed by atoms with Crippen LogP contribution in [0.5, 0.6) is 0 Å². The van der Waals surface area contributed by atoms with E-state index in [1.165, 1.54) is 0 Å². The predicted molar refractivity (Wildman–Crippen MR) is 94.0 cm³/mol. The third-order valence-corrected chi connectivity index (χ3v) is 6.45. The molecule has 4 aliphatic rings. The van der Waals surface area contributed by atoms with Gasteiger partial charge in [-0.3, -0.25) is 14.4 Å². The molecule has 0 saturated carbocycles. The van der Waals surface area contributed by atoms with Gasteiger partial charge >= 0.3 is 0 Å². The first-order chi connectivity index (χ1) is 12.5. The van der Waals surface area contributed by atoms with Gasteiger partial charge in [0.05, 0.1) is 31.0 Å². The average molecular weight is 361 g/mol. The zero-order valence-corrected chi connectivity index (χ0v) is 15.4. The van der Waals surface area contributed by atoms with Crippen molar-refractivity contribution in [2.75, 3.05) is 32.7 Å². The maximum Gasteiger partial charge on any atom is 0.239 e. The van der Waals surface area contributed by atoms with Gasteiger partial charge in [0.2, 0.25) is 17.7 Å². The summed E-state index contributed by atoms with van der Waals surface area (Å²) >= 11 is 0. The Kier molecular flexibility index (Phi) is 4.29. The quantitative estimate of drug-likeness (QED) is 0.708. The summed E-state index contributed by atoms with van der Waals surface area (Å²) in [5.74, 6) is -0.737. The van der Waals surface area contributed by atoms with Crippen molar-refractivity contribution in [3.63, 3.8) is 0 Å². The summed E-state index contributed by atoms with van der Waals surface area (Å²) in [4.78, 5) is 41.4. The fourth-order valence-corrected chi connectivity index (χ4v) is 4.91. The highest BCUT2D eigenvalue weighted by molar-refractivity contribution is 5.94. The summed E-state index contributed by atoms with van der Waals surface area (Å²) in [6.07, 6.45) is 5.62. The minimum atomic E-state index is -0.661. The van der Waals surface area contributed by atoms with E-state index in [4.69, 9.17) is 4.74 Å². The number of nitrogens with zero attached hydrogens (tertiary/aromatic N) is 2. The third-order valence-electron chi connectivity index (χ3n) is 6.45. The Morgan fingerprint density at radius 3 is 2.85 bits per heavy atom. The third kappa shape index (κ3) is 2.55. The summed E-state index contributed by atoms with van der Waals surface area (Å²) in [5, 5.41) is 2.73. The van der Waals surface area contributed by atoms with Crippen molar-refractivity contribution in [1.29, 1.82) is 0 Å². The van der Waals surface area contributed by atoms with Gasteiger partial charge < -0.3 is 19.9 Å². The number of likely N-dealkylation sites (tertiary alicyclic amines) is 1. The van der Waals surface area contributed by atoms with Gasteiger partial charge in [-0.1, -0.05) is 38.8 Å². The highest BCUT2D eigenvalue weighted by atomic mass is 16.5. The SMILES string of the molecule is CCC(CC)CN1C[C@]23C=C[C@H](O2)[C@H](C(=O)N2CCNC(=O)C2)[C@H]3C1=O. The number of rotatable bonds is 5. The number of carbonyl (C=O) groups excluding carboxylic acids is 3. The number of hydrogen-bond acceptors (Lipinski definition) is 4. The van der Waals surface area contributed by atoms with Crippen LogP contribution in [-0.4, -0.2) is 72.0 Å². The summed E-state index contributed by atoms with van der Waals surface area (Å²) in [7, 11) is 0. The second kappa shape index (κ2) is 6.37. The molecule has 7 nitrogen and oxygen atoms in total. The van der Waals surface area contributed by atoms with Crippen LogP contribution in [0.1, 0.15) is 26.7 Å². The van der Waals surface area contributed by atoms with Crippen LogP contribution in [0.15, 0.2) is 12.2 Å². The minimum Gasteiger partial charge on any atom is -0.360 e. The van der Waals surface area contributed by atoms with E-state index in [1.54, 1.807) is 4.90 Å². The molecule has 0 aromatic rings. The molecule has 0 aromatic heterocycles. The Labute approximate surface area is 153 Å². The van der Waals surface area contributed by atoms with Gasteiger partial charge in [-0.15, -0.1) is 0 Å². The molecule has 3 fully saturated rings. The number of amides is 3. The molecule has 1 N–H and O–H groups in total. The Bertz CT molecular complexity index is 659. The first-order valence-electron chi connectivity index (χ1n) is 9.70. The zero-order valence-electron chi connectivity index (χ0n) is 15.4. The number of fused-ring (bicyclic) bond motifs is 1. The Morgan fingerprint density at radius 1 is 1.38 bits per heavy atom. The molecule has 4 atom stereocenters. The van der Waals surface area contributed by atoms with Crippen molar-refractivity contribution in [2.24, 2.45) is 17.8 Å². The van der Waals surface area contributed by atoms with Crippen LogP contribution in [0.2, 0.25) is 0 Å². The molecule has 0 aliphatic carbocycles. The van der Waals surface area contributed by atoms with Crippen LogP contribution in [-0.2, 0) is 19.1 Å². The van der Waals surface area contributed by atoms with Crippen LogP contribution < -0.4 is 5.32 Å². The fourth-order valence-electron chi connectivity index (χ4n) is 4.91. The minimum absolute atomic E-state index is 0.0311. The maximum atomic E-state index is 13.2. The topological polar surface area (TPSA) is 79.0 Å². The van der Waals surface area contributed by atoms with Gasteiger partial charge in [0.1, 0.15) is 5.60 Å². The molecule has 1 spiro atoms. The monoisotopic (exact) mass is 361 g/mol. The molecule has 0 aromatic carbocycles. The maximum absolute atomic E-state index is 13.2. The van der Waals surface area contributed by atoms with Crippen molar-refractivity contribution in [3.8, 4) is 0 Å². The van der Waals surface area contributed by atoms with Crippen LogP contribution >= 0.6 is 0 Å². The number of nitrogens with one attached hydrogen (secondary N) is 1. The summed E-state index contributed by atoms with van der Waals surface area (Å²) < 4.78 is 6.16. The normalized spacial score (nSPS) is 35.4. The zero-order chi connectivity index (χ0) is 18.5. The smallest absolute Gasteiger partial charge is 0.239 e. The van der Waals surface area contributed by atoms with Crippen LogP contribution in [0.4, 0.5) is 0 Å². The molecule has 4 rings (SSSR count). The van der Waals surface area contributed by atoms with Crippen molar-refractivity contribution in [2.45, 2.75) is 38.4 Å². The lowest BCUT2D eigenvalue weighted by Gasteiger charge is -2.32. The van der Waals surface area contributed by atoms with Crippen molar-refractivity contribution in [1.82, 2.24) is 15.1 Å². The molecule has 0 unspecified atom stereocenters. The highest BCUT2D eigenvalue weighted by Gasteiger charge is 2.67. The van der Waals surface area contributed by atoms with Gasteiger partial charge in [-0.05, 0) is 5.92 Å². The van der Waals surface area contributed by atoms with E-state index in [0.29, 0.717) is 25.6 Å². The van der Waals surface area contributed by atoms with Crippen LogP contribution in [0.3, 0.4) is 0 Å². The lowest BCUT2D eigenvalue weighted by atomic mass is 9.76. The highest BCUT2D eigenvalue weighted by Crippen LogP contribution is 2.52. The number of hydrogen-bond donors (Lipinski definition) is 1. The lowest BCUT2D eigenvalue weighted by molar-refractivity contribution is -0.146. The van der Waals surface area contributed by atoms with Gasteiger partial charge in [0.15, 0.2) is 0 Å². The standard InChI is InChI=1S/C19H27N3O4/c1-3-12(4-2)9-22-11-19-6-5-13(26-19)15(16(19)18(22)25)17(24)21-8-7-20-14(23)10-21/h5-6,12-13,15-16H,3-4,7-11H2,1-2H3,(H,20,23)/t13-,15-,16-,19-/m0/s1. The van der Waals surface area contributed by atoms with E-state index in [-0.39, 0.29) is 30.4 Å². The number of ether oxygens (including phenoxy) is 1. The molecule has 4 aliphatic heterocycles. The Balaban J connectivity index is 1.55. The van der Waals surface area contributed by atoms with Gasteiger partial charge in [-0.25, -0.2) is 0 Å². The molecular weight excluding hydrogens is 334 g/mol. The van der Waals surface area contributed by atoms with E-state index in [1.807, 2.05) is 17.1 Å². The molecule has 7 heteroatoms. The van der Waals surface area contributed by atoms with Crippen molar-refractivity contribution < 1.29 is 19.1 Å². The first-order valence-corrected chi connectivity index (χ1v) is 9.70. The van der Waals surface area contributed by atoms with Gasteiger partial charge in [-0.2, -0.15) is 0 Å². The molecular formula is C19H27N3O4. The second-order valence-electron chi connectivity index (χ2n) is 7.91. The molecule has 26 heavy (non-hydrogen) atoms. The number of piperazine rings is 1. The fraction of sp³-hybridized carbons (Fsp3) is 0.737. The van der Waals surface area contributed by atoms with E-state index in [0.717, 1.165) is 19.4 Å². The van der Waals surface area contributed by atoms with Crippen molar-refractivity contribution in [3.05, 3.63) is 12.2 Å². The summed E-state index contributed by atoms with van der Waals surface area (Å²) in [5.41, 5.74) is -0.661. The molecule has 3 saturated heterocycles. The lowest BCUT2D eigenvalue weighted by Crippen LogP contribution is -2.54. The summed E-state index contributed by atoms with van der Waals surface area (Å²) in [6.45, 7) is 6.56. The summed E-state index contributed by atoms with van der Waals surface area (Å²) in [6, 6.07) is 0. The molecule has 0 radical (unpaired) electrons. The van der Waals surface area contributed by atoms with Gasteiger partial charge in [0.25, 0.3) is 0 Å². The second-order valence-corrected chi connectivity index (χ2v) is 7.91. The van der Waals surface area contributed by atoms with E-state index in [2.05, 4.69) is 19.2 Å². The predicted octanol–water partition coefficient (Wildman–Crippen LogP) is 0.163. The van der Waals surface area contributed by atoms with E-state index < -0.39 is 17.4 Å². The molecule has 3 amide bonds. The Morgan fingerprint density at radius 2 is 2.15 bits per heavy atom. The van der Waals surface area contributed by atoms with Crippen LogP contribution in [0, 0.1) is 17.8 Å². The average Bonchev–Trinajstić information content (AvgIpc) is 3.27. The molecule has 4 heterocycles. The first kappa shape index (κ1) is 17.5. The van der Waals surface area contributed by atoms with Crippen LogP contribution in [0.25, 0.3) is 0 Å². The van der Waals surface area contributed by atoms with Crippen molar-refractivity contribution >= 4 is 17.7 Å². The number of carbonyl (C=O) groups is 3. The molecule has 2 bridgehead atoms. The van der Waals surface area contributed by atoms with E-state index >= 15 is 0 Å². The molecule has 142 valence electrons. The van der Waals surface area contributed by atoms with E-state index in [9.17, 15) is 14.4 Å². The Hall–Kier alpha value is -1.89. The largest absolute Gasteiger partial charge is 0.360 e.